The van der Waals surface area contributed by atoms with Gasteiger partial charge in [0.2, 0.25) is 11.8 Å². The summed E-state index contributed by atoms with van der Waals surface area (Å²) in [6, 6.07) is 4.78. The summed E-state index contributed by atoms with van der Waals surface area (Å²) in [5.41, 5.74) is 1.44. The predicted molar refractivity (Wildman–Crippen MR) is 76.6 cm³/mol. The van der Waals surface area contributed by atoms with Crippen molar-refractivity contribution in [3.63, 3.8) is 0 Å². The lowest BCUT2D eigenvalue weighted by atomic mass is 10.1. The summed E-state index contributed by atoms with van der Waals surface area (Å²) < 4.78 is 22.5. The van der Waals surface area contributed by atoms with E-state index in [1.165, 1.54) is 0 Å². The zero-order chi connectivity index (χ0) is 14.9. The summed E-state index contributed by atoms with van der Waals surface area (Å²) in [5.74, 6) is -1.02. The maximum absolute atomic E-state index is 11.5. The van der Waals surface area contributed by atoms with Crippen LogP contribution in [-0.2, 0) is 19.4 Å². The van der Waals surface area contributed by atoms with Crippen LogP contribution in [0.4, 0.5) is 11.4 Å². The van der Waals surface area contributed by atoms with Crippen LogP contribution in [0.15, 0.2) is 18.2 Å². The summed E-state index contributed by atoms with van der Waals surface area (Å²) in [5, 5.41) is 4.45. The Morgan fingerprint density at radius 1 is 1.20 bits per heavy atom. The molecule has 2 amide bonds. The fourth-order valence-electron chi connectivity index (χ4n) is 1.87. The molecule has 108 valence electrons. The third-order valence-corrected chi connectivity index (χ3v) is 4.25. The molecule has 0 saturated carbocycles. The molecule has 0 radical (unpaired) electrons. The lowest BCUT2D eigenvalue weighted by Gasteiger charge is -2.13. The van der Waals surface area contributed by atoms with Crippen LogP contribution >= 0.6 is 11.6 Å². The molecule has 1 unspecified atom stereocenters. The monoisotopic (exact) mass is 316 g/mol. The maximum atomic E-state index is 11.5. The molecule has 0 aliphatic carbocycles. The smallest absolute Gasteiger partial charge is 0.233 e. The van der Waals surface area contributed by atoms with E-state index in [2.05, 4.69) is 10.6 Å². The van der Waals surface area contributed by atoms with Crippen molar-refractivity contribution in [2.75, 3.05) is 22.6 Å². The lowest BCUT2D eigenvalue weighted by molar-refractivity contribution is -0.123. The molecule has 1 heterocycles. The Labute approximate surface area is 121 Å². The Balaban J connectivity index is 2.31. The molecule has 0 fully saturated rings. The van der Waals surface area contributed by atoms with Crippen molar-refractivity contribution < 1.29 is 18.0 Å². The van der Waals surface area contributed by atoms with Gasteiger partial charge >= 0.3 is 0 Å². The van der Waals surface area contributed by atoms with Gasteiger partial charge in [-0.25, -0.2) is 8.42 Å². The van der Waals surface area contributed by atoms with E-state index in [0.717, 1.165) is 6.26 Å². The standard InChI is InChI=1S/C12H13ClN2O4S/c1-20(18,19)6-8(13)7-2-3-9-10(4-7)15-12(17)5-11(16)14-9/h2-4,8H,5-6H2,1H3,(H,14,16)(H,15,17). The molecule has 1 aliphatic rings. The van der Waals surface area contributed by atoms with Gasteiger partial charge in [0.25, 0.3) is 0 Å². The van der Waals surface area contributed by atoms with Gasteiger partial charge in [-0.1, -0.05) is 6.07 Å². The lowest BCUT2D eigenvalue weighted by Crippen LogP contribution is -2.16. The van der Waals surface area contributed by atoms with E-state index in [0.29, 0.717) is 16.9 Å². The molecule has 1 aromatic carbocycles. The van der Waals surface area contributed by atoms with Crippen LogP contribution in [0.1, 0.15) is 17.4 Å². The number of anilines is 2. The van der Waals surface area contributed by atoms with Gasteiger partial charge in [0.1, 0.15) is 16.3 Å². The van der Waals surface area contributed by atoms with Crippen molar-refractivity contribution in [2.45, 2.75) is 11.8 Å². The van der Waals surface area contributed by atoms with Gasteiger partial charge in [0.15, 0.2) is 0 Å². The minimum Gasteiger partial charge on any atom is -0.324 e. The quantitative estimate of drug-likeness (QED) is 0.649. The Morgan fingerprint density at radius 2 is 1.80 bits per heavy atom. The Kier molecular flexibility index (Phi) is 4.01. The first kappa shape index (κ1) is 14.8. The summed E-state index contributed by atoms with van der Waals surface area (Å²) >= 11 is 6.06. The van der Waals surface area contributed by atoms with E-state index in [-0.39, 0.29) is 12.2 Å². The molecule has 2 N–H and O–H groups in total. The highest BCUT2D eigenvalue weighted by Gasteiger charge is 2.21. The third-order valence-electron chi connectivity index (χ3n) is 2.72. The second-order valence-electron chi connectivity index (χ2n) is 4.64. The maximum Gasteiger partial charge on any atom is 0.233 e. The van der Waals surface area contributed by atoms with Crippen LogP contribution in [0, 0.1) is 0 Å². The average Bonchev–Trinajstić information content (AvgIpc) is 2.42. The van der Waals surface area contributed by atoms with E-state index in [9.17, 15) is 18.0 Å². The van der Waals surface area contributed by atoms with Crippen LogP contribution in [0.2, 0.25) is 0 Å². The van der Waals surface area contributed by atoms with Gasteiger partial charge in [-0.2, -0.15) is 0 Å². The molecule has 1 aromatic rings. The molecule has 0 bridgehead atoms. The molecule has 1 aliphatic heterocycles. The molecule has 6 nitrogen and oxygen atoms in total. The number of sulfone groups is 1. The van der Waals surface area contributed by atoms with Gasteiger partial charge in [0.05, 0.1) is 22.5 Å². The predicted octanol–water partition coefficient (Wildman–Crippen LogP) is 1.29. The number of nitrogens with one attached hydrogen (secondary N) is 2. The normalized spacial score (nSPS) is 16.7. The minimum absolute atomic E-state index is 0.201. The Morgan fingerprint density at radius 3 is 2.40 bits per heavy atom. The SMILES string of the molecule is CS(=O)(=O)CC(Cl)c1ccc2c(c1)NC(=O)CC(=O)N2. The van der Waals surface area contributed by atoms with Crippen LogP contribution in [0.25, 0.3) is 0 Å². The van der Waals surface area contributed by atoms with Crippen LogP contribution in [0.5, 0.6) is 0 Å². The summed E-state index contributed by atoms with van der Waals surface area (Å²) in [6.45, 7) is 0. The van der Waals surface area contributed by atoms with E-state index in [1.54, 1.807) is 18.2 Å². The number of hydrogen-bond donors (Lipinski definition) is 2. The highest BCUT2D eigenvalue weighted by Crippen LogP contribution is 2.31. The van der Waals surface area contributed by atoms with Crippen LogP contribution in [0.3, 0.4) is 0 Å². The molecule has 0 spiro atoms. The Bertz CT molecular complexity index is 672. The minimum atomic E-state index is -3.21. The van der Waals surface area contributed by atoms with Crippen molar-refractivity contribution in [3.8, 4) is 0 Å². The van der Waals surface area contributed by atoms with E-state index >= 15 is 0 Å². The average molecular weight is 317 g/mol. The van der Waals surface area contributed by atoms with E-state index in [1.807, 2.05) is 0 Å². The number of halogens is 1. The van der Waals surface area contributed by atoms with Gasteiger partial charge in [0, 0.05) is 6.26 Å². The van der Waals surface area contributed by atoms with Crippen molar-refractivity contribution in [3.05, 3.63) is 23.8 Å². The van der Waals surface area contributed by atoms with Gasteiger partial charge in [-0.05, 0) is 17.7 Å². The topological polar surface area (TPSA) is 92.3 Å². The number of fused-ring (bicyclic) bond motifs is 1. The molecule has 0 aromatic heterocycles. The van der Waals surface area contributed by atoms with Gasteiger partial charge in [-0.15, -0.1) is 11.6 Å². The third kappa shape index (κ3) is 3.71. The number of rotatable bonds is 3. The van der Waals surface area contributed by atoms with Crippen molar-refractivity contribution in [1.82, 2.24) is 0 Å². The second kappa shape index (κ2) is 5.41. The number of carbonyl (C=O) groups is 2. The molecule has 8 heteroatoms. The Hall–Kier alpha value is -1.60. The van der Waals surface area contributed by atoms with Crippen molar-refractivity contribution in [2.24, 2.45) is 0 Å². The fraction of sp³-hybridized carbons (Fsp3) is 0.333. The zero-order valence-corrected chi connectivity index (χ0v) is 12.2. The first-order valence-electron chi connectivity index (χ1n) is 5.80. The van der Waals surface area contributed by atoms with Crippen molar-refractivity contribution in [1.29, 1.82) is 0 Å². The molecule has 20 heavy (non-hydrogen) atoms. The van der Waals surface area contributed by atoms with Crippen LogP contribution < -0.4 is 10.6 Å². The highest BCUT2D eigenvalue weighted by molar-refractivity contribution is 7.90. The highest BCUT2D eigenvalue weighted by atomic mass is 35.5. The van der Waals surface area contributed by atoms with Crippen molar-refractivity contribution >= 4 is 44.6 Å². The molecule has 1 atom stereocenters. The second-order valence-corrected chi connectivity index (χ2v) is 7.35. The van der Waals surface area contributed by atoms with Crippen LogP contribution in [-0.4, -0.2) is 32.2 Å². The van der Waals surface area contributed by atoms with E-state index in [4.69, 9.17) is 11.6 Å². The first-order valence-corrected chi connectivity index (χ1v) is 8.30. The number of benzene rings is 1. The summed E-state index contributed by atoms with van der Waals surface area (Å²) in [6.07, 6.45) is 0.853. The number of hydrogen-bond acceptors (Lipinski definition) is 4. The molecular weight excluding hydrogens is 304 g/mol. The number of amides is 2. The fourth-order valence-corrected chi connectivity index (χ4v) is 3.41. The first-order chi connectivity index (χ1) is 9.24. The summed E-state index contributed by atoms with van der Waals surface area (Å²) in [7, 11) is -3.21. The number of carbonyl (C=O) groups excluding carboxylic acids is 2. The largest absolute Gasteiger partial charge is 0.324 e. The number of alkyl halides is 1. The summed E-state index contributed by atoms with van der Waals surface area (Å²) in [4.78, 5) is 22.9. The van der Waals surface area contributed by atoms with Gasteiger partial charge < -0.3 is 10.6 Å². The zero-order valence-electron chi connectivity index (χ0n) is 10.6. The molecule has 2 rings (SSSR count). The molecular formula is C12H13ClN2O4S. The van der Waals surface area contributed by atoms with E-state index < -0.39 is 27.0 Å². The molecule has 0 saturated heterocycles. The van der Waals surface area contributed by atoms with Gasteiger partial charge in [-0.3, -0.25) is 9.59 Å².